The SMILES string of the molecule is CCOC(=O)[C@H]1[C@H]2c3ccccc3O[C@]1(C)N=c1s/c(=C/c3ccc(-c4cccc(Cl)c4)o3)c(=O)n12. The van der Waals surface area contributed by atoms with Gasteiger partial charge >= 0.3 is 5.97 Å². The number of ether oxygens (including phenoxy) is 2. The van der Waals surface area contributed by atoms with Gasteiger partial charge in [-0.05, 0) is 44.2 Å². The molecule has 2 aliphatic heterocycles. The average molecular weight is 521 g/mol. The summed E-state index contributed by atoms with van der Waals surface area (Å²) in [4.78, 5) is 32.1. The first kappa shape index (κ1) is 22.8. The van der Waals surface area contributed by atoms with Crippen LogP contribution in [0.3, 0.4) is 0 Å². The van der Waals surface area contributed by atoms with Gasteiger partial charge in [0.15, 0.2) is 4.80 Å². The maximum Gasteiger partial charge on any atom is 0.317 e. The normalized spacial score (nSPS) is 22.2. The fourth-order valence-corrected chi connectivity index (χ4v) is 6.16. The van der Waals surface area contributed by atoms with E-state index in [0.29, 0.717) is 31.6 Å². The van der Waals surface area contributed by atoms with Crippen molar-refractivity contribution in [2.45, 2.75) is 25.6 Å². The van der Waals surface area contributed by atoms with Gasteiger partial charge in [0.2, 0.25) is 5.72 Å². The van der Waals surface area contributed by atoms with Gasteiger partial charge in [0, 0.05) is 22.2 Å². The second-order valence-electron chi connectivity index (χ2n) is 8.76. The highest BCUT2D eigenvalue weighted by molar-refractivity contribution is 7.07. The molecule has 0 N–H and O–H groups in total. The zero-order valence-corrected chi connectivity index (χ0v) is 21.0. The van der Waals surface area contributed by atoms with Crippen LogP contribution >= 0.6 is 22.9 Å². The molecule has 4 heterocycles. The topological polar surface area (TPSA) is 83.0 Å². The molecule has 9 heteroatoms. The van der Waals surface area contributed by atoms with Crippen molar-refractivity contribution in [3.05, 3.63) is 96.7 Å². The Bertz CT molecular complexity index is 1690. The molecule has 6 rings (SSSR count). The van der Waals surface area contributed by atoms with Crippen LogP contribution in [0, 0.1) is 5.92 Å². The molecule has 182 valence electrons. The van der Waals surface area contributed by atoms with Crippen LogP contribution in [0.15, 0.2) is 74.9 Å². The zero-order valence-electron chi connectivity index (χ0n) is 19.4. The number of fused-ring (bicyclic) bond motifs is 6. The van der Waals surface area contributed by atoms with Crippen LogP contribution < -0.4 is 19.6 Å². The van der Waals surface area contributed by atoms with Gasteiger partial charge in [-0.3, -0.25) is 14.2 Å². The number of para-hydroxylation sites is 1. The molecule has 0 radical (unpaired) electrons. The predicted octanol–water partition coefficient (Wildman–Crippen LogP) is 4.16. The maximum absolute atomic E-state index is 13.7. The van der Waals surface area contributed by atoms with Crippen LogP contribution in [0.1, 0.15) is 31.2 Å². The number of furan rings is 1. The van der Waals surface area contributed by atoms with E-state index in [0.717, 1.165) is 11.1 Å². The number of rotatable bonds is 4. The van der Waals surface area contributed by atoms with Crippen molar-refractivity contribution in [3.63, 3.8) is 0 Å². The van der Waals surface area contributed by atoms with E-state index in [4.69, 9.17) is 30.5 Å². The van der Waals surface area contributed by atoms with Crippen LogP contribution in [-0.2, 0) is 9.53 Å². The summed E-state index contributed by atoms with van der Waals surface area (Å²) in [6, 6.07) is 17.8. The summed E-state index contributed by atoms with van der Waals surface area (Å²) in [5, 5.41) is 0.610. The quantitative estimate of drug-likeness (QED) is 0.377. The monoisotopic (exact) mass is 520 g/mol. The Morgan fingerprint density at radius 3 is 2.86 bits per heavy atom. The van der Waals surface area contributed by atoms with E-state index in [1.54, 1.807) is 36.6 Å². The van der Waals surface area contributed by atoms with E-state index < -0.39 is 23.7 Å². The number of thiazole rings is 1. The molecule has 0 aliphatic carbocycles. The molecule has 0 saturated carbocycles. The number of hydrogen-bond donors (Lipinski definition) is 0. The lowest BCUT2D eigenvalue weighted by Gasteiger charge is -2.44. The van der Waals surface area contributed by atoms with Gasteiger partial charge < -0.3 is 13.9 Å². The Morgan fingerprint density at radius 2 is 2.06 bits per heavy atom. The number of esters is 1. The van der Waals surface area contributed by atoms with E-state index in [1.807, 2.05) is 48.5 Å². The second kappa shape index (κ2) is 8.50. The lowest BCUT2D eigenvalue weighted by molar-refractivity contribution is -0.160. The zero-order chi connectivity index (χ0) is 25.0. The third kappa shape index (κ3) is 3.60. The first-order valence-corrected chi connectivity index (χ1v) is 12.7. The molecule has 36 heavy (non-hydrogen) atoms. The van der Waals surface area contributed by atoms with E-state index in [2.05, 4.69) is 0 Å². The third-order valence-electron chi connectivity index (χ3n) is 6.43. The fourth-order valence-electron chi connectivity index (χ4n) is 4.89. The van der Waals surface area contributed by atoms with Gasteiger partial charge in [0.25, 0.3) is 5.56 Å². The van der Waals surface area contributed by atoms with E-state index >= 15 is 0 Å². The molecule has 4 aromatic rings. The molecule has 3 atom stereocenters. The Hall–Kier alpha value is -3.62. The summed E-state index contributed by atoms with van der Waals surface area (Å²) in [5.41, 5.74) is 0.131. The molecule has 7 nitrogen and oxygen atoms in total. The number of aromatic nitrogens is 1. The number of benzene rings is 2. The smallest absolute Gasteiger partial charge is 0.317 e. The van der Waals surface area contributed by atoms with Crippen molar-refractivity contribution in [1.82, 2.24) is 4.57 Å². The first-order valence-electron chi connectivity index (χ1n) is 11.5. The van der Waals surface area contributed by atoms with Crippen molar-refractivity contribution >= 4 is 35.0 Å². The highest BCUT2D eigenvalue weighted by atomic mass is 35.5. The lowest BCUT2D eigenvalue weighted by Crippen LogP contribution is -2.58. The third-order valence-corrected chi connectivity index (χ3v) is 7.65. The van der Waals surface area contributed by atoms with E-state index in [1.165, 1.54) is 11.3 Å². The Labute approximate surface area is 214 Å². The summed E-state index contributed by atoms with van der Waals surface area (Å²) >= 11 is 7.35. The standard InChI is InChI=1S/C27H21ClN2O5S/c1-3-33-25(32)22-23-18-9-4-5-10-20(18)35-27(22,2)29-26-30(23)24(31)21(36-26)14-17-11-12-19(34-17)15-7-6-8-16(28)13-15/h4-14,22-23H,3H2,1-2H3/b21-14+/t22-,23-,27+/m1/s1. The van der Waals surface area contributed by atoms with Gasteiger partial charge in [0.1, 0.15) is 23.2 Å². The second-order valence-corrected chi connectivity index (χ2v) is 10.2. The summed E-state index contributed by atoms with van der Waals surface area (Å²) < 4.78 is 19.6. The number of hydrogen-bond acceptors (Lipinski definition) is 7. The van der Waals surface area contributed by atoms with Gasteiger partial charge in [-0.15, -0.1) is 0 Å². The molecule has 0 fully saturated rings. The number of carbonyl (C=O) groups is 1. The minimum atomic E-state index is -1.20. The minimum Gasteiger partial charge on any atom is -0.466 e. The van der Waals surface area contributed by atoms with Gasteiger partial charge in [-0.25, -0.2) is 4.99 Å². The van der Waals surface area contributed by atoms with Crippen LogP contribution in [0.25, 0.3) is 17.4 Å². The summed E-state index contributed by atoms with van der Waals surface area (Å²) in [6.07, 6.45) is 1.69. The molecule has 2 bridgehead atoms. The van der Waals surface area contributed by atoms with Crippen molar-refractivity contribution in [2.75, 3.05) is 6.61 Å². The van der Waals surface area contributed by atoms with Gasteiger partial charge in [-0.2, -0.15) is 0 Å². The highest BCUT2D eigenvalue weighted by Gasteiger charge is 2.55. The maximum atomic E-state index is 13.7. The lowest BCUT2D eigenvalue weighted by atomic mass is 9.81. The highest BCUT2D eigenvalue weighted by Crippen LogP contribution is 2.47. The first-order chi connectivity index (χ1) is 17.4. The van der Waals surface area contributed by atoms with E-state index in [9.17, 15) is 9.59 Å². The molecule has 2 aromatic heterocycles. The van der Waals surface area contributed by atoms with Crippen molar-refractivity contribution in [1.29, 1.82) is 0 Å². The molecular formula is C27H21ClN2O5S. The molecular weight excluding hydrogens is 500 g/mol. The van der Waals surface area contributed by atoms with E-state index in [-0.39, 0.29) is 12.2 Å². The van der Waals surface area contributed by atoms with Crippen LogP contribution in [0.4, 0.5) is 0 Å². The minimum absolute atomic E-state index is 0.220. The van der Waals surface area contributed by atoms with Crippen molar-refractivity contribution < 1.29 is 18.7 Å². The molecule has 0 amide bonds. The summed E-state index contributed by atoms with van der Waals surface area (Å²) in [6.45, 7) is 3.73. The Kier molecular flexibility index (Phi) is 5.39. The van der Waals surface area contributed by atoms with Crippen molar-refractivity contribution in [2.24, 2.45) is 10.9 Å². The predicted molar refractivity (Wildman–Crippen MR) is 136 cm³/mol. The van der Waals surface area contributed by atoms with Crippen LogP contribution in [0.5, 0.6) is 5.75 Å². The van der Waals surface area contributed by atoms with Crippen LogP contribution in [-0.4, -0.2) is 22.9 Å². The summed E-state index contributed by atoms with van der Waals surface area (Å²) in [5.74, 6) is 0.505. The van der Waals surface area contributed by atoms with Crippen molar-refractivity contribution in [3.8, 4) is 17.1 Å². The summed E-state index contributed by atoms with van der Waals surface area (Å²) in [7, 11) is 0. The molecule has 2 aliphatic rings. The molecule has 0 saturated heterocycles. The Morgan fingerprint density at radius 1 is 1.22 bits per heavy atom. The van der Waals surface area contributed by atoms with Gasteiger partial charge in [0.05, 0.1) is 17.2 Å². The molecule has 0 unspecified atom stereocenters. The fraction of sp³-hybridized carbons (Fsp3) is 0.222. The van der Waals surface area contributed by atoms with Crippen LogP contribution in [0.2, 0.25) is 5.02 Å². The number of carbonyl (C=O) groups excluding carboxylic acids is 1. The molecule has 0 spiro atoms. The number of halogens is 1. The molecule has 2 aromatic carbocycles. The Balaban J connectivity index is 1.50. The number of nitrogens with zero attached hydrogens (tertiary/aromatic N) is 2. The van der Waals surface area contributed by atoms with Gasteiger partial charge in [-0.1, -0.05) is 53.3 Å². The average Bonchev–Trinajstić information content (AvgIpc) is 3.43. The largest absolute Gasteiger partial charge is 0.466 e.